The second-order valence-electron chi connectivity index (χ2n) is 7.11. The van der Waals surface area contributed by atoms with Gasteiger partial charge in [-0.15, -0.1) is 10.2 Å². The molecule has 30 heavy (non-hydrogen) atoms. The Morgan fingerprint density at radius 1 is 0.967 bits per heavy atom. The summed E-state index contributed by atoms with van der Waals surface area (Å²) in [7, 11) is 0. The van der Waals surface area contributed by atoms with Gasteiger partial charge in [-0.05, 0) is 32.0 Å². The lowest BCUT2D eigenvalue weighted by molar-refractivity contribution is 0.102. The number of carbonyl (C=O) groups is 1. The second-order valence-corrected chi connectivity index (χ2v) is 7.11. The number of fused-ring (bicyclic) bond motifs is 2. The Kier molecular flexibility index (Phi) is 4.21. The lowest BCUT2D eigenvalue weighted by atomic mass is 10.0. The van der Waals surface area contributed by atoms with E-state index in [1.54, 1.807) is 19.1 Å². The molecule has 1 N–H and O–H groups in total. The zero-order valence-electron chi connectivity index (χ0n) is 16.4. The van der Waals surface area contributed by atoms with Gasteiger partial charge in [0.15, 0.2) is 5.82 Å². The SMILES string of the molecule is Cc1ccc(-c2cc(C(=O)Nc3cc4ccccc4nn3)c3c(C)noc3n2)cc1. The van der Waals surface area contributed by atoms with E-state index in [2.05, 4.69) is 25.7 Å². The molecule has 1 amide bonds. The summed E-state index contributed by atoms with van der Waals surface area (Å²) in [6, 6.07) is 19.1. The van der Waals surface area contributed by atoms with Crippen LogP contribution < -0.4 is 5.32 Å². The summed E-state index contributed by atoms with van der Waals surface area (Å²) in [6.45, 7) is 3.80. The quantitative estimate of drug-likeness (QED) is 0.476. The van der Waals surface area contributed by atoms with E-state index >= 15 is 0 Å². The predicted molar refractivity (Wildman–Crippen MR) is 114 cm³/mol. The van der Waals surface area contributed by atoms with Crippen LogP contribution >= 0.6 is 0 Å². The van der Waals surface area contributed by atoms with Crippen molar-refractivity contribution in [2.24, 2.45) is 0 Å². The van der Waals surface area contributed by atoms with Gasteiger partial charge < -0.3 is 9.84 Å². The molecule has 0 saturated carbocycles. The van der Waals surface area contributed by atoms with Gasteiger partial charge in [-0.3, -0.25) is 4.79 Å². The Hall–Kier alpha value is -4.13. The Morgan fingerprint density at radius 2 is 1.77 bits per heavy atom. The van der Waals surface area contributed by atoms with E-state index < -0.39 is 0 Å². The average Bonchev–Trinajstić information content (AvgIpc) is 3.14. The first-order valence-electron chi connectivity index (χ1n) is 9.46. The lowest BCUT2D eigenvalue weighted by Crippen LogP contribution is -2.14. The number of rotatable bonds is 3. The number of hydrogen-bond donors (Lipinski definition) is 1. The van der Waals surface area contributed by atoms with Gasteiger partial charge in [0.25, 0.3) is 11.6 Å². The maximum atomic E-state index is 13.2. The molecule has 0 radical (unpaired) electrons. The van der Waals surface area contributed by atoms with Crippen LogP contribution in [0.2, 0.25) is 0 Å². The van der Waals surface area contributed by atoms with Crippen molar-refractivity contribution in [3.05, 3.63) is 77.5 Å². The Morgan fingerprint density at radius 3 is 2.60 bits per heavy atom. The molecule has 5 rings (SSSR count). The average molecular weight is 395 g/mol. The molecule has 0 unspecified atom stereocenters. The molecule has 3 aromatic heterocycles. The standard InChI is InChI=1S/C23H17N5O2/c1-13-7-9-15(10-8-13)19-12-17(21-14(2)28-30-23(21)24-19)22(29)25-20-11-16-5-3-4-6-18(16)26-27-20/h3-12H,1-2H3,(H,25,27,29). The lowest BCUT2D eigenvalue weighted by Gasteiger charge is -2.08. The van der Waals surface area contributed by atoms with Gasteiger partial charge in [0, 0.05) is 10.9 Å². The number of nitrogens with zero attached hydrogens (tertiary/aromatic N) is 4. The minimum atomic E-state index is -0.327. The first kappa shape index (κ1) is 17.9. The zero-order valence-corrected chi connectivity index (χ0v) is 16.4. The molecular weight excluding hydrogens is 378 g/mol. The molecule has 0 aliphatic heterocycles. The van der Waals surface area contributed by atoms with Crippen LogP contribution in [0.5, 0.6) is 0 Å². The fourth-order valence-corrected chi connectivity index (χ4v) is 3.38. The highest BCUT2D eigenvalue weighted by molar-refractivity contribution is 6.13. The van der Waals surface area contributed by atoms with E-state index in [4.69, 9.17) is 4.52 Å². The summed E-state index contributed by atoms with van der Waals surface area (Å²) in [4.78, 5) is 17.7. The molecular formula is C23H17N5O2. The topological polar surface area (TPSA) is 93.8 Å². The smallest absolute Gasteiger partial charge is 0.259 e. The van der Waals surface area contributed by atoms with Crippen LogP contribution in [0, 0.1) is 13.8 Å². The molecule has 0 bridgehead atoms. The van der Waals surface area contributed by atoms with E-state index in [1.807, 2.05) is 55.5 Å². The van der Waals surface area contributed by atoms with Crippen molar-refractivity contribution < 1.29 is 9.32 Å². The van der Waals surface area contributed by atoms with Gasteiger partial charge in [-0.25, -0.2) is 4.98 Å². The molecule has 5 aromatic rings. The van der Waals surface area contributed by atoms with E-state index in [0.717, 1.165) is 22.0 Å². The number of anilines is 1. The highest BCUT2D eigenvalue weighted by Gasteiger charge is 2.20. The second kappa shape index (κ2) is 7.04. The van der Waals surface area contributed by atoms with Crippen molar-refractivity contribution in [2.75, 3.05) is 5.32 Å². The van der Waals surface area contributed by atoms with Crippen molar-refractivity contribution in [2.45, 2.75) is 13.8 Å². The van der Waals surface area contributed by atoms with E-state index in [-0.39, 0.29) is 5.91 Å². The maximum absolute atomic E-state index is 13.2. The van der Waals surface area contributed by atoms with Gasteiger partial charge >= 0.3 is 0 Å². The molecule has 0 saturated heterocycles. The molecule has 146 valence electrons. The number of benzene rings is 2. The van der Waals surface area contributed by atoms with E-state index in [1.165, 1.54) is 0 Å². The first-order valence-corrected chi connectivity index (χ1v) is 9.46. The normalized spacial score (nSPS) is 11.1. The molecule has 0 fully saturated rings. The number of pyridine rings is 1. The van der Waals surface area contributed by atoms with Gasteiger partial charge in [0.1, 0.15) is 0 Å². The summed E-state index contributed by atoms with van der Waals surface area (Å²) in [6.07, 6.45) is 0. The number of aryl methyl sites for hydroxylation is 2. The van der Waals surface area contributed by atoms with Gasteiger partial charge in [0.05, 0.1) is 27.9 Å². The molecule has 0 aliphatic rings. The van der Waals surface area contributed by atoms with Gasteiger partial charge in [0.2, 0.25) is 0 Å². The van der Waals surface area contributed by atoms with Gasteiger partial charge in [-0.1, -0.05) is 53.2 Å². The Labute approximate surface area is 171 Å². The fraction of sp³-hybridized carbons (Fsp3) is 0.0870. The van der Waals surface area contributed by atoms with Crippen LogP contribution in [-0.4, -0.2) is 26.2 Å². The van der Waals surface area contributed by atoms with Crippen molar-refractivity contribution in [3.8, 4) is 11.3 Å². The summed E-state index contributed by atoms with van der Waals surface area (Å²) in [5, 5.41) is 16.6. The third kappa shape index (κ3) is 3.16. The number of hydrogen-bond acceptors (Lipinski definition) is 6. The molecule has 0 aliphatic carbocycles. The summed E-state index contributed by atoms with van der Waals surface area (Å²) in [5.41, 5.74) is 4.76. The summed E-state index contributed by atoms with van der Waals surface area (Å²) >= 11 is 0. The molecule has 3 heterocycles. The van der Waals surface area contributed by atoms with E-state index in [9.17, 15) is 4.79 Å². The number of aromatic nitrogens is 4. The first-order chi connectivity index (χ1) is 14.6. The minimum absolute atomic E-state index is 0.320. The van der Waals surface area contributed by atoms with Crippen molar-refractivity contribution >= 4 is 33.7 Å². The third-order valence-corrected chi connectivity index (χ3v) is 4.95. The number of nitrogens with one attached hydrogen (secondary N) is 1. The molecule has 2 aromatic carbocycles. The van der Waals surface area contributed by atoms with Crippen molar-refractivity contribution in [3.63, 3.8) is 0 Å². The maximum Gasteiger partial charge on any atom is 0.259 e. The third-order valence-electron chi connectivity index (χ3n) is 4.95. The van der Waals surface area contributed by atoms with E-state index in [0.29, 0.717) is 33.9 Å². The largest absolute Gasteiger partial charge is 0.335 e. The van der Waals surface area contributed by atoms with Crippen molar-refractivity contribution in [1.82, 2.24) is 20.3 Å². The minimum Gasteiger partial charge on any atom is -0.335 e. The van der Waals surface area contributed by atoms with Gasteiger partial charge in [-0.2, -0.15) is 0 Å². The van der Waals surface area contributed by atoms with Crippen LogP contribution in [0.1, 0.15) is 21.6 Å². The van der Waals surface area contributed by atoms with Crippen LogP contribution in [0.4, 0.5) is 5.82 Å². The van der Waals surface area contributed by atoms with Crippen LogP contribution in [-0.2, 0) is 0 Å². The highest BCUT2D eigenvalue weighted by atomic mass is 16.5. The molecule has 7 heteroatoms. The summed E-state index contributed by atoms with van der Waals surface area (Å²) in [5.74, 6) is 0.0429. The Bertz CT molecular complexity index is 1410. The monoisotopic (exact) mass is 395 g/mol. The number of amides is 1. The van der Waals surface area contributed by atoms with Crippen LogP contribution in [0.25, 0.3) is 33.3 Å². The zero-order chi connectivity index (χ0) is 20.7. The van der Waals surface area contributed by atoms with Crippen molar-refractivity contribution in [1.29, 1.82) is 0 Å². The summed E-state index contributed by atoms with van der Waals surface area (Å²) < 4.78 is 5.36. The fourth-order valence-electron chi connectivity index (χ4n) is 3.38. The predicted octanol–water partition coefficient (Wildman–Crippen LogP) is 4.70. The Balaban J connectivity index is 1.58. The molecule has 0 spiro atoms. The number of carbonyl (C=O) groups excluding carboxylic acids is 1. The van der Waals surface area contributed by atoms with Crippen LogP contribution in [0.15, 0.2) is 65.2 Å². The highest BCUT2D eigenvalue weighted by Crippen LogP contribution is 2.28. The molecule has 0 atom stereocenters. The van der Waals surface area contributed by atoms with Crippen LogP contribution in [0.3, 0.4) is 0 Å². The molecule has 7 nitrogen and oxygen atoms in total.